The van der Waals surface area contributed by atoms with Gasteiger partial charge in [0.05, 0.1) is 12.3 Å². The highest BCUT2D eigenvalue weighted by atomic mass is 32.2. The normalized spacial score (nSPS) is 11.3. The van der Waals surface area contributed by atoms with E-state index in [1.165, 1.54) is 11.8 Å². The highest BCUT2D eigenvalue weighted by molar-refractivity contribution is 7.99. The Bertz CT molecular complexity index is 679. The van der Waals surface area contributed by atoms with Crippen LogP contribution >= 0.6 is 11.8 Å². The Morgan fingerprint density at radius 1 is 1.38 bits per heavy atom. The van der Waals surface area contributed by atoms with E-state index in [1.807, 2.05) is 31.2 Å². The predicted octanol–water partition coefficient (Wildman–Crippen LogP) is 2.70. The molecule has 0 saturated heterocycles. The molecule has 1 amide bonds. The zero-order chi connectivity index (χ0) is 17.6. The largest absolute Gasteiger partial charge is 0.492 e. The molecule has 130 valence electrons. The Labute approximate surface area is 146 Å². The van der Waals surface area contributed by atoms with Gasteiger partial charge in [0.2, 0.25) is 11.1 Å². The lowest BCUT2D eigenvalue weighted by molar-refractivity contribution is -0.118. The molecular weight excluding hydrogens is 324 g/mol. The fraction of sp³-hybridized carbons (Fsp3) is 0.471. The minimum absolute atomic E-state index is 0.0602. The first kappa shape index (κ1) is 18.3. The summed E-state index contributed by atoms with van der Waals surface area (Å²) < 4.78 is 5.59. The van der Waals surface area contributed by atoms with E-state index in [2.05, 4.69) is 41.3 Å². The summed E-state index contributed by atoms with van der Waals surface area (Å²) in [6.07, 6.45) is 0. The molecule has 24 heavy (non-hydrogen) atoms. The SMILES string of the molecule is Cc1cccc(OCCNC(=O)CSc2n[nH]c(C(C)(C)C)n2)c1. The van der Waals surface area contributed by atoms with E-state index in [-0.39, 0.29) is 17.1 Å². The van der Waals surface area contributed by atoms with E-state index in [0.29, 0.717) is 18.3 Å². The molecule has 0 aliphatic carbocycles. The summed E-state index contributed by atoms with van der Waals surface area (Å²) in [5.41, 5.74) is 1.07. The van der Waals surface area contributed by atoms with E-state index < -0.39 is 0 Å². The number of aromatic nitrogens is 3. The number of amides is 1. The van der Waals surface area contributed by atoms with Crippen LogP contribution in [-0.2, 0) is 10.2 Å². The molecule has 2 aromatic rings. The number of H-pyrrole nitrogens is 1. The van der Waals surface area contributed by atoms with Crippen molar-refractivity contribution in [3.63, 3.8) is 0 Å². The van der Waals surface area contributed by atoms with Crippen molar-refractivity contribution in [3.05, 3.63) is 35.7 Å². The lowest BCUT2D eigenvalue weighted by Gasteiger charge is -2.12. The van der Waals surface area contributed by atoms with Crippen LogP contribution < -0.4 is 10.1 Å². The van der Waals surface area contributed by atoms with Gasteiger partial charge in [-0.05, 0) is 24.6 Å². The van der Waals surface area contributed by atoms with Gasteiger partial charge in [-0.2, -0.15) is 0 Å². The molecule has 1 heterocycles. The fourth-order valence-corrected chi connectivity index (χ4v) is 2.52. The molecule has 0 radical (unpaired) electrons. The topological polar surface area (TPSA) is 79.9 Å². The van der Waals surface area contributed by atoms with Crippen molar-refractivity contribution in [1.29, 1.82) is 0 Å². The minimum Gasteiger partial charge on any atom is -0.492 e. The average molecular weight is 348 g/mol. The first-order valence-corrected chi connectivity index (χ1v) is 8.85. The number of carbonyl (C=O) groups excluding carboxylic acids is 1. The molecular formula is C17H24N4O2S. The molecule has 0 aliphatic rings. The monoisotopic (exact) mass is 348 g/mol. The van der Waals surface area contributed by atoms with E-state index in [9.17, 15) is 4.79 Å². The number of rotatable bonds is 7. The first-order chi connectivity index (χ1) is 11.3. The quantitative estimate of drug-likeness (QED) is 0.594. The number of hydrogen-bond donors (Lipinski definition) is 2. The molecule has 0 atom stereocenters. The molecule has 7 heteroatoms. The molecule has 2 N–H and O–H groups in total. The van der Waals surface area contributed by atoms with Crippen LogP contribution in [0.1, 0.15) is 32.2 Å². The number of benzene rings is 1. The van der Waals surface area contributed by atoms with E-state index in [0.717, 1.165) is 17.1 Å². The maximum atomic E-state index is 11.8. The van der Waals surface area contributed by atoms with Crippen LogP contribution in [0.15, 0.2) is 29.4 Å². The highest BCUT2D eigenvalue weighted by Crippen LogP contribution is 2.20. The predicted molar refractivity (Wildman–Crippen MR) is 95.5 cm³/mol. The van der Waals surface area contributed by atoms with Gasteiger partial charge in [0.1, 0.15) is 18.2 Å². The number of nitrogens with zero attached hydrogens (tertiary/aromatic N) is 2. The van der Waals surface area contributed by atoms with Crippen molar-refractivity contribution < 1.29 is 9.53 Å². The number of aromatic amines is 1. The van der Waals surface area contributed by atoms with Gasteiger partial charge in [-0.15, -0.1) is 5.10 Å². The van der Waals surface area contributed by atoms with Gasteiger partial charge in [-0.25, -0.2) is 4.98 Å². The molecule has 0 unspecified atom stereocenters. The van der Waals surface area contributed by atoms with Crippen LogP contribution in [0.25, 0.3) is 0 Å². The van der Waals surface area contributed by atoms with Crippen LogP contribution in [-0.4, -0.2) is 40.0 Å². The summed E-state index contributed by atoms with van der Waals surface area (Å²) in [5.74, 6) is 1.85. The van der Waals surface area contributed by atoms with Crippen molar-refractivity contribution in [1.82, 2.24) is 20.5 Å². The number of hydrogen-bond acceptors (Lipinski definition) is 5. The molecule has 0 saturated carbocycles. The number of thioether (sulfide) groups is 1. The summed E-state index contributed by atoms with van der Waals surface area (Å²) in [4.78, 5) is 16.2. The molecule has 1 aromatic heterocycles. The molecule has 0 spiro atoms. The zero-order valence-corrected chi connectivity index (χ0v) is 15.4. The second kappa shape index (κ2) is 8.19. The fourth-order valence-electron chi connectivity index (χ4n) is 1.89. The average Bonchev–Trinajstić information content (AvgIpc) is 2.99. The maximum absolute atomic E-state index is 11.8. The van der Waals surface area contributed by atoms with E-state index >= 15 is 0 Å². The molecule has 2 rings (SSSR count). The zero-order valence-electron chi connectivity index (χ0n) is 14.5. The van der Waals surface area contributed by atoms with Crippen molar-refractivity contribution in [2.24, 2.45) is 0 Å². The van der Waals surface area contributed by atoms with Crippen molar-refractivity contribution in [2.45, 2.75) is 38.3 Å². The Morgan fingerprint density at radius 2 is 2.17 bits per heavy atom. The number of carbonyl (C=O) groups is 1. The van der Waals surface area contributed by atoms with Crippen molar-refractivity contribution >= 4 is 17.7 Å². The van der Waals surface area contributed by atoms with Crippen molar-refractivity contribution in [3.8, 4) is 5.75 Å². The van der Waals surface area contributed by atoms with Gasteiger partial charge in [0.25, 0.3) is 0 Å². The van der Waals surface area contributed by atoms with Crippen LogP contribution in [0, 0.1) is 6.92 Å². The Balaban J connectivity index is 1.66. The summed E-state index contributed by atoms with van der Waals surface area (Å²) >= 11 is 1.32. The van der Waals surface area contributed by atoms with Gasteiger partial charge in [-0.3, -0.25) is 9.89 Å². The second-order valence-corrected chi connectivity index (χ2v) is 7.46. The minimum atomic E-state index is -0.0821. The third kappa shape index (κ3) is 5.88. The van der Waals surface area contributed by atoms with Gasteiger partial charge >= 0.3 is 0 Å². The van der Waals surface area contributed by atoms with Crippen LogP contribution in [0.4, 0.5) is 0 Å². The molecule has 1 aromatic carbocycles. The van der Waals surface area contributed by atoms with Gasteiger partial charge in [-0.1, -0.05) is 44.7 Å². The smallest absolute Gasteiger partial charge is 0.230 e. The van der Waals surface area contributed by atoms with Crippen LogP contribution in [0.2, 0.25) is 0 Å². The lowest BCUT2D eigenvalue weighted by atomic mass is 9.96. The van der Waals surface area contributed by atoms with Gasteiger partial charge < -0.3 is 10.1 Å². The third-order valence-electron chi connectivity index (χ3n) is 3.19. The summed E-state index contributed by atoms with van der Waals surface area (Å²) in [5, 5.41) is 10.4. The molecule has 0 fully saturated rings. The first-order valence-electron chi connectivity index (χ1n) is 7.86. The van der Waals surface area contributed by atoms with Gasteiger partial charge in [0.15, 0.2) is 0 Å². The maximum Gasteiger partial charge on any atom is 0.230 e. The number of nitrogens with one attached hydrogen (secondary N) is 2. The van der Waals surface area contributed by atoms with Crippen molar-refractivity contribution in [2.75, 3.05) is 18.9 Å². The van der Waals surface area contributed by atoms with E-state index in [4.69, 9.17) is 4.74 Å². The highest BCUT2D eigenvalue weighted by Gasteiger charge is 2.19. The third-order valence-corrected chi connectivity index (χ3v) is 4.04. The molecule has 0 bridgehead atoms. The van der Waals surface area contributed by atoms with Gasteiger partial charge in [0, 0.05) is 5.41 Å². The summed E-state index contributed by atoms with van der Waals surface area (Å²) in [6, 6.07) is 7.83. The Morgan fingerprint density at radius 3 is 2.83 bits per heavy atom. The summed E-state index contributed by atoms with van der Waals surface area (Å²) in [6.45, 7) is 9.10. The van der Waals surface area contributed by atoms with Crippen LogP contribution in [0.3, 0.4) is 0 Å². The van der Waals surface area contributed by atoms with Crippen LogP contribution in [0.5, 0.6) is 5.75 Å². The second-order valence-electron chi connectivity index (χ2n) is 6.52. The standard InChI is InChI=1S/C17H24N4O2S/c1-12-6-5-7-13(10-12)23-9-8-18-14(22)11-24-16-19-15(20-21-16)17(2,3)4/h5-7,10H,8-9,11H2,1-4H3,(H,18,22)(H,19,20,21). The lowest BCUT2D eigenvalue weighted by Crippen LogP contribution is -2.29. The Hall–Kier alpha value is -2.02. The van der Waals surface area contributed by atoms with E-state index in [1.54, 1.807) is 0 Å². The Kier molecular flexibility index (Phi) is 6.25. The summed E-state index contributed by atoms with van der Waals surface area (Å²) in [7, 11) is 0. The number of ether oxygens (including phenoxy) is 1. The number of aryl methyl sites for hydroxylation is 1. The molecule has 0 aliphatic heterocycles. The molecule has 6 nitrogen and oxygen atoms in total.